The van der Waals surface area contributed by atoms with Gasteiger partial charge in [0.25, 0.3) is 5.91 Å². The van der Waals surface area contributed by atoms with E-state index >= 15 is 0 Å². The molecule has 0 saturated carbocycles. The topological polar surface area (TPSA) is 58.6 Å². The summed E-state index contributed by atoms with van der Waals surface area (Å²) in [4.78, 5) is 27.1. The fourth-order valence-electron chi connectivity index (χ4n) is 3.75. The number of ether oxygens (including phenoxy) is 1. The molecule has 31 heavy (non-hydrogen) atoms. The zero-order valence-electron chi connectivity index (χ0n) is 17.2. The van der Waals surface area contributed by atoms with Crippen LogP contribution in [0.4, 0.5) is 11.4 Å². The number of aryl methyl sites for hydroxylation is 1. The highest BCUT2D eigenvalue weighted by Crippen LogP contribution is 2.29. The van der Waals surface area contributed by atoms with E-state index < -0.39 is 0 Å². The number of hydrogen-bond donors (Lipinski definition) is 1. The van der Waals surface area contributed by atoms with E-state index in [1.54, 1.807) is 31.4 Å². The van der Waals surface area contributed by atoms with Crippen molar-refractivity contribution in [3.8, 4) is 5.75 Å². The lowest BCUT2D eigenvalue weighted by molar-refractivity contribution is -0.116. The van der Waals surface area contributed by atoms with Gasteiger partial charge in [-0.05, 0) is 82.4 Å². The Kier molecular flexibility index (Phi) is 6.37. The minimum Gasteiger partial charge on any atom is -0.496 e. The molecule has 0 bridgehead atoms. The number of methoxy groups -OCH3 is 1. The predicted molar refractivity (Wildman–Crippen MR) is 126 cm³/mol. The van der Waals surface area contributed by atoms with Crippen LogP contribution in [0.1, 0.15) is 27.9 Å². The van der Waals surface area contributed by atoms with Crippen LogP contribution in [0.15, 0.2) is 71.2 Å². The number of carbonyl (C=O) groups excluding carboxylic acids is 2. The third kappa shape index (κ3) is 4.80. The van der Waals surface area contributed by atoms with E-state index in [1.807, 2.05) is 41.3 Å². The molecule has 0 saturated heterocycles. The average molecular weight is 479 g/mol. The second-order valence-electron chi connectivity index (χ2n) is 7.43. The van der Waals surface area contributed by atoms with E-state index in [0.717, 1.165) is 27.9 Å². The number of nitrogens with one attached hydrogen (secondary N) is 1. The Labute approximate surface area is 190 Å². The fraction of sp³-hybridized carbons (Fsp3) is 0.200. The van der Waals surface area contributed by atoms with Gasteiger partial charge in [-0.3, -0.25) is 9.59 Å². The summed E-state index contributed by atoms with van der Waals surface area (Å²) < 4.78 is 6.10. The molecule has 3 aromatic rings. The van der Waals surface area contributed by atoms with Gasteiger partial charge in [0, 0.05) is 29.9 Å². The zero-order valence-corrected chi connectivity index (χ0v) is 18.8. The molecule has 0 radical (unpaired) electrons. The number of amides is 2. The summed E-state index contributed by atoms with van der Waals surface area (Å²) in [6, 6.07) is 20.9. The number of benzene rings is 3. The van der Waals surface area contributed by atoms with Crippen LogP contribution in [0.5, 0.6) is 5.75 Å². The molecule has 6 heteroatoms. The average Bonchev–Trinajstić information content (AvgIpc) is 3.22. The van der Waals surface area contributed by atoms with Crippen LogP contribution < -0.4 is 15.0 Å². The smallest absolute Gasteiger partial charge is 0.258 e. The zero-order chi connectivity index (χ0) is 21.8. The Hall–Kier alpha value is -3.12. The second-order valence-corrected chi connectivity index (χ2v) is 8.28. The third-order valence-corrected chi connectivity index (χ3v) is 6.02. The normalized spacial score (nSPS) is 12.4. The largest absolute Gasteiger partial charge is 0.496 e. The second kappa shape index (κ2) is 9.35. The quantitative estimate of drug-likeness (QED) is 0.527. The van der Waals surface area contributed by atoms with E-state index in [1.165, 1.54) is 5.56 Å². The lowest BCUT2D eigenvalue weighted by Crippen LogP contribution is -2.28. The first kappa shape index (κ1) is 21.1. The Morgan fingerprint density at radius 2 is 1.84 bits per heavy atom. The van der Waals surface area contributed by atoms with E-state index in [2.05, 4.69) is 27.3 Å². The van der Waals surface area contributed by atoms with Crippen molar-refractivity contribution in [2.75, 3.05) is 23.9 Å². The Morgan fingerprint density at radius 3 is 2.58 bits per heavy atom. The molecule has 0 fully saturated rings. The minimum absolute atomic E-state index is 0.0205. The molecule has 5 nitrogen and oxygen atoms in total. The Bertz CT molecular complexity index is 1110. The van der Waals surface area contributed by atoms with Crippen LogP contribution in [0.2, 0.25) is 0 Å². The maximum Gasteiger partial charge on any atom is 0.258 e. The first-order valence-electron chi connectivity index (χ1n) is 10.2. The van der Waals surface area contributed by atoms with Gasteiger partial charge in [0.2, 0.25) is 5.91 Å². The highest BCUT2D eigenvalue weighted by atomic mass is 79.9. The molecular formula is C25H23BrN2O3. The maximum atomic E-state index is 12.9. The molecule has 1 heterocycles. The lowest BCUT2D eigenvalue weighted by atomic mass is 10.1. The molecule has 1 aliphatic rings. The van der Waals surface area contributed by atoms with Gasteiger partial charge in [-0.15, -0.1) is 0 Å². The molecule has 1 aliphatic heterocycles. The van der Waals surface area contributed by atoms with E-state index in [-0.39, 0.29) is 11.8 Å². The molecule has 0 atom stereocenters. The minimum atomic E-state index is -0.0699. The molecule has 0 spiro atoms. The number of rotatable bonds is 6. The summed E-state index contributed by atoms with van der Waals surface area (Å²) in [5.41, 5.74) is 4.52. The number of hydrogen-bond acceptors (Lipinski definition) is 3. The number of para-hydroxylation sites is 1. The van der Waals surface area contributed by atoms with E-state index in [4.69, 9.17) is 4.74 Å². The molecule has 4 rings (SSSR count). The molecular weight excluding hydrogens is 456 g/mol. The van der Waals surface area contributed by atoms with Crippen molar-refractivity contribution in [3.63, 3.8) is 0 Å². The van der Waals surface area contributed by atoms with Crippen molar-refractivity contribution < 1.29 is 14.3 Å². The monoisotopic (exact) mass is 478 g/mol. The molecule has 0 unspecified atom stereocenters. The van der Waals surface area contributed by atoms with Crippen LogP contribution in [0.25, 0.3) is 0 Å². The van der Waals surface area contributed by atoms with Crippen molar-refractivity contribution in [2.45, 2.75) is 19.3 Å². The fourth-order valence-corrected chi connectivity index (χ4v) is 4.34. The van der Waals surface area contributed by atoms with Crippen LogP contribution in [-0.4, -0.2) is 25.5 Å². The highest BCUT2D eigenvalue weighted by molar-refractivity contribution is 9.10. The van der Waals surface area contributed by atoms with Gasteiger partial charge < -0.3 is 15.0 Å². The van der Waals surface area contributed by atoms with Gasteiger partial charge in [-0.1, -0.05) is 24.3 Å². The number of anilines is 2. The number of fused-ring (bicyclic) bond motifs is 1. The standard InChI is InChI=1S/C25H23BrN2O3/c1-31-23-12-6-17(16-21(23)26)7-13-24(29)27-20-10-8-19(9-11-20)25(30)28-15-14-18-4-2-3-5-22(18)28/h2-6,8-12,16H,7,13-15H2,1H3,(H,27,29). The third-order valence-electron chi connectivity index (χ3n) is 5.40. The summed E-state index contributed by atoms with van der Waals surface area (Å²) in [5.74, 6) is 0.674. The molecule has 2 amide bonds. The Balaban J connectivity index is 1.34. The maximum absolute atomic E-state index is 12.9. The number of nitrogens with zero attached hydrogens (tertiary/aromatic N) is 1. The lowest BCUT2D eigenvalue weighted by Gasteiger charge is -2.17. The summed E-state index contributed by atoms with van der Waals surface area (Å²) in [6.45, 7) is 0.693. The van der Waals surface area contributed by atoms with Crippen molar-refractivity contribution >= 4 is 39.1 Å². The summed E-state index contributed by atoms with van der Waals surface area (Å²) >= 11 is 3.46. The van der Waals surface area contributed by atoms with Gasteiger partial charge in [0.05, 0.1) is 11.6 Å². The van der Waals surface area contributed by atoms with Crippen molar-refractivity contribution in [1.82, 2.24) is 0 Å². The first-order valence-corrected chi connectivity index (χ1v) is 11.0. The molecule has 158 valence electrons. The predicted octanol–water partition coefficient (Wildman–Crippen LogP) is 5.23. The van der Waals surface area contributed by atoms with E-state index in [9.17, 15) is 9.59 Å². The van der Waals surface area contributed by atoms with Crippen molar-refractivity contribution in [1.29, 1.82) is 0 Å². The first-order chi connectivity index (χ1) is 15.0. The molecule has 0 aliphatic carbocycles. The van der Waals surface area contributed by atoms with Crippen LogP contribution >= 0.6 is 15.9 Å². The van der Waals surface area contributed by atoms with Crippen molar-refractivity contribution in [3.05, 3.63) is 87.9 Å². The van der Waals surface area contributed by atoms with Gasteiger partial charge >= 0.3 is 0 Å². The van der Waals surface area contributed by atoms with Gasteiger partial charge in [0.15, 0.2) is 0 Å². The Morgan fingerprint density at radius 1 is 1.06 bits per heavy atom. The van der Waals surface area contributed by atoms with Crippen LogP contribution in [-0.2, 0) is 17.6 Å². The highest BCUT2D eigenvalue weighted by Gasteiger charge is 2.25. The summed E-state index contributed by atoms with van der Waals surface area (Å²) in [5, 5.41) is 2.90. The molecule has 1 N–H and O–H groups in total. The molecule has 3 aromatic carbocycles. The van der Waals surface area contributed by atoms with E-state index in [0.29, 0.717) is 30.6 Å². The van der Waals surface area contributed by atoms with Crippen LogP contribution in [0.3, 0.4) is 0 Å². The number of carbonyl (C=O) groups is 2. The summed E-state index contributed by atoms with van der Waals surface area (Å²) in [7, 11) is 1.62. The van der Waals surface area contributed by atoms with Crippen molar-refractivity contribution in [2.24, 2.45) is 0 Å². The number of halogens is 1. The molecule has 0 aromatic heterocycles. The SMILES string of the molecule is COc1ccc(CCC(=O)Nc2ccc(C(=O)N3CCc4ccccc43)cc2)cc1Br. The van der Waals surface area contributed by atoms with Crippen LogP contribution in [0, 0.1) is 0 Å². The summed E-state index contributed by atoms with van der Waals surface area (Å²) in [6.07, 6.45) is 1.87. The van der Waals surface area contributed by atoms with Gasteiger partial charge in [-0.25, -0.2) is 0 Å². The van der Waals surface area contributed by atoms with Gasteiger partial charge in [-0.2, -0.15) is 0 Å². The van der Waals surface area contributed by atoms with Gasteiger partial charge in [0.1, 0.15) is 5.75 Å².